The van der Waals surface area contributed by atoms with Crippen LogP contribution >= 0.6 is 0 Å². The number of pyridine rings is 1. The average molecular weight is 309 g/mol. The molecular weight excluding hydrogens is 293 g/mol. The van der Waals surface area contributed by atoms with Crippen LogP contribution in [0.3, 0.4) is 0 Å². The van der Waals surface area contributed by atoms with Crippen LogP contribution in [0, 0.1) is 12.7 Å². The van der Waals surface area contributed by atoms with Gasteiger partial charge in [-0.3, -0.25) is 0 Å². The van der Waals surface area contributed by atoms with Crippen LogP contribution in [0.4, 0.5) is 4.39 Å². The molecule has 0 aromatic carbocycles. The highest BCUT2D eigenvalue weighted by atomic mass is 32.2. The van der Waals surface area contributed by atoms with Crippen molar-refractivity contribution in [1.82, 2.24) is 13.9 Å². The summed E-state index contributed by atoms with van der Waals surface area (Å²) in [6.45, 7) is 4.66. The van der Waals surface area contributed by atoms with Gasteiger partial charge in [0.05, 0.1) is 6.04 Å². The van der Waals surface area contributed by atoms with E-state index in [4.69, 9.17) is 0 Å². The number of aromatic nitrogens is 2. The molecule has 112 valence electrons. The van der Waals surface area contributed by atoms with Crippen LogP contribution < -0.4 is 0 Å². The number of nitrogens with zero attached hydrogens (tertiary/aromatic N) is 3. The van der Waals surface area contributed by atoms with E-state index in [1.165, 1.54) is 16.6 Å². The van der Waals surface area contributed by atoms with E-state index in [9.17, 15) is 12.8 Å². The van der Waals surface area contributed by atoms with Crippen molar-refractivity contribution in [3.8, 4) is 0 Å². The Labute approximate surface area is 123 Å². The van der Waals surface area contributed by atoms with Crippen molar-refractivity contribution in [3.63, 3.8) is 0 Å². The van der Waals surface area contributed by atoms with Gasteiger partial charge in [-0.25, -0.2) is 17.8 Å². The van der Waals surface area contributed by atoms with Crippen LogP contribution in [0.15, 0.2) is 35.5 Å². The number of rotatable bonds is 2. The van der Waals surface area contributed by atoms with Gasteiger partial charge in [0.15, 0.2) is 5.82 Å². The van der Waals surface area contributed by atoms with Gasteiger partial charge in [0.25, 0.3) is 10.0 Å². The highest BCUT2D eigenvalue weighted by molar-refractivity contribution is 7.89. The maximum absolute atomic E-state index is 13.8. The zero-order valence-corrected chi connectivity index (χ0v) is 12.6. The third kappa shape index (κ3) is 2.16. The first kappa shape index (κ1) is 14.2. The van der Waals surface area contributed by atoms with Gasteiger partial charge < -0.3 is 4.57 Å². The molecule has 0 saturated carbocycles. The highest BCUT2D eigenvalue weighted by Gasteiger charge is 2.36. The van der Waals surface area contributed by atoms with E-state index in [1.807, 2.05) is 26.0 Å². The zero-order valence-electron chi connectivity index (χ0n) is 11.8. The summed E-state index contributed by atoms with van der Waals surface area (Å²) in [6.07, 6.45) is 1.29. The summed E-state index contributed by atoms with van der Waals surface area (Å²) in [7, 11) is -3.94. The summed E-state index contributed by atoms with van der Waals surface area (Å²) >= 11 is 0. The predicted octanol–water partition coefficient (Wildman–Crippen LogP) is 2.10. The minimum Gasteiger partial charge on any atom is -0.346 e. The van der Waals surface area contributed by atoms with Crippen LogP contribution in [-0.4, -0.2) is 28.8 Å². The van der Waals surface area contributed by atoms with Gasteiger partial charge in [-0.1, -0.05) is 0 Å². The quantitative estimate of drug-likeness (QED) is 0.853. The van der Waals surface area contributed by atoms with E-state index < -0.39 is 20.9 Å². The molecular formula is C14H16FN3O2S. The predicted molar refractivity (Wildman–Crippen MR) is 75.7 cm³/mol. The number of fused-ring (bicyclic) bond motifs is 1. The third-order valence-electron chi connectivity index (χ3n) is 3.91. The molecule has 0 amide bonds. The normalized spacial score (nSPS) is 19.5. The lowest BCUT2D eigenvalue weighted by Gasteiger charge is -2.34. The maximum Gasteiger partial charge on any atom is 0.264 e. The number of halogens is 1. The zero-order chi connectivity index (χ0) is 15.2. The number of hydrogen-bond acceptors (Lipinski definition) is 3. The average Bonchev–Trinajstić information content (AvgIpc) is 2.82. The van der Waals surface area contributed by atoms with Crippen LogP contribution in [0.2, 0.25) is 0 Å². The monoisotopic (exact) mass is 309 g/mol. The van der Waals surface area contributed by atoms with Gasteiger partial charge in [0, 0.05) is 30.7 Å². The Morgan fingerprint density at radius 3 is 2.76 bits per heavy atom. The van der Waals surface area contributed by atoms with E-state index in [-0.39, 0.29) is 6.04 Å². The molecule has 1 unspecified atom stereocenters. The van der Waals surface area contributed by atoms with Gasteiger partial charge in [0.2, 0.25) is 5.03 Å². The second kappa shape index (κ2) is 4.92. The first-order chi connectivity index (χ1) is 9.93. The molecule has 0 aliphatic carbocycles. The lowest BCUT2D eigenvalue weighted by Crippen LogP contribution is -2.41. The Morgan fingerprint density at radius 2 is 2.05 bits per heavy atom. The van der Waals surface area contributed by atoms with Crippen molar-refractivity contribution in [2.75, 3.05) is 6.54 Å². The molecule has 5 nitrogen and oxygen atoms in total. The number of sulfonamides is 1. The maximum atomic E-state index is 13.8. The van der Waals surface area contributed by atoms with Crippen LogP contribution in [0.25, 0.3) is 0 Å². The van der Waals surface area contributed by atoms with Crippen molar-refractivity contribution in [2.45, 2.75) is 31.5 Å². The molecule has 7 heteroatoms. The minimum atomic E-state index is -3.94. The lowest BCUT2D eigenvalue weighted by atomic mass is 10.2. The first-order valence-electron chi connectivity index (χ1n) is 6.71. The van der Waals surface area contributed by atoms with Crippen LogP contribution in [0.1, 0.15) is 24.4 Å². The molecule has 3 heterocycles. The van der Waals surface area contributed by atoms with Crippen molar-refractivity contribution in [2.24, 2.45) is 0 Å². The van der Waals surface area contributed by atoms with Gasteiger partial charge in [0.1, 0.15) is 0 Å². The smallest absolute Gasteiger partial charge is 0.264 e. The Balaban J connectivity index is 2.04. The topological polar surface area (TPSA) is 55.2 Å². The summed E-state index contributed by atoms with van der Waals surface area (Å²) in [5, 5.41) is -0.506. The Hall–Kier alpha value is -1.73. The highest BCUT2D eigenvalue weighted by Crippen LogP contribution is 2.32. The van der Waals surface area contributed by atoms with E-state index in [2.05, 4.69) is 9.55 Å². The molecule has 21 heavy (non-hydrogen) atoms. The van der Waals surface area contributed by atoms with Gasteiger partial charge in [-0.15, -0.1) is 0 Å². The first-order valence-corrected chi connectivity index (χ1v) is 8.15. The van der Waals surface area contributed by atoms with Crippen molar-refractivity contribution in [1.29, 1.82) is 0 Å². The Morgan fingerprint density at radius 1 is 1.29 bits per heavy atom. The fourth-order valence-electron chi connectivity index (χ4n) is 2.80. The van der Waals surface area contributed by atoms with E-state index in [1.54, 1.807) is 0 Å². The molecule has 1 aliphatic heterocycles. The molecule has 0 fully saturated rings. The van der Waals surface area contributed by atoms with Gasteiger partial charge >= 0.3 is 0 Å². The largest absolute Gasteiger partial charge is 0.346 e. The van der Waals surface area contributed by atoms with Crippen molar-refractivity contribution >= 4 is 10.0 Å². The third-order valence-corrected chi connectivity index (χ3v) is 5.82. The molecule has 3 rings (SSSR count). The number of aryl methyl sites for hydroxylation is 1. The van der Waals surface area contributed by atoms with E-state index in [0.717, 1.165) is 17.5 Å². The molecule has 2 aromatic heterocycles. The Kier molecular flexibility index (Phi) is 3.33. The molecule has 0 spiro atoms. The summed E-state index contributed by atoms with van der Waals surface area (Å²) in [5.74, 6) is -0.818. The molecule has 1 atom stereocenters. The van der Waals surface area contributed by atoms with E-state index in [0.29, 0.717) is 13.1 Å². The second-order valence-corrected chi connectivity index (χ2v) is 6.94. The standard InChI is InChI=1S/C14H16FN3O2S/c1-10-5-6-13-11(2)18(9-8-17(10)13)21(19,20)14-12(15)4-3-7-16-14/h3-7,11H,8-9H2,1-2H3. The fourth-order valence-corrected chi connectivity index (χ4v) is 4.38. The van der Waals surface area contributed by atoms with Crippen LogP contribution in [0.5, 0.6) is 0 Å². The molecule has 2 aromatic rings. The molecule has 0 saturated heterocycles. The molecule has 0 bridgehead atoms. The minimum absolute atomic E-state index is 0.308. The molecule has 0 N–H and O–H groups in total. The van der Waals surface area contributed by atoms with Gasteiger partial charge in [-0.05, 0) is 38.1 Å². The SMILES string of the molecule is Cc1ccc2n1CCN(S(=O)(=O)c1ncccc1F)C2C. The molecule has 0 radical (unpaired) electrons. The fraction of sp³-hybridized carbons (Fsp3) is 0.357. The number of hydrogen-bond donors (Lipinski definition) is 0. The van der Waals surface area contributed by atoms with Crippen LogP contribution in [-0.2, 0) is 16.6 Å². The second-order valence-electron chi connectivity index (χ2n) is 5.13. The molecule has 1 aliphatic rings. The summed E-state index contributed by atoms with van der Waals surface area (Å²) in [6, 6.07) is 6.02. The summed E-state index contributed by atoms with van der Waals surface area (Å²) in [4.78, 5) is 3.71. The van der Waals surface area contributed by atoms with Gasteiger partial charge in [-0.2, -0.15) is 4.31 Å². The van der Waals surface area contributed by atoms with Crippen molar-refractivity contribution < 1.29 is 12.8 Å². The van der Waals surface area contributed by atoms with E-state index >= 15 is 0 Å². The summed E-state index contributed by atoms with van der Waals surface area (Å²) < 4.78 is 42.5. The Bertz CT molecular complexity index is 785. The van der Waals surface area contributed by atoms with Crippen molar-refractivity contribution in [3.05, 3.63) is 47.7 Å². The lowest BCUT2D eigenvalue weighted by molar-refractivity contribution is 0.278. The summed E-state index contributed by atoms with van der Waals surface area (Å²) in [5.41, 5.74) is 2.01.